The summed E-state index contributed by atoms with van der Waals surface area (Å²) in [5, 5.41) is 5.35. The second-order valence-electron chi connectivity index (χ2n) is 6.82. The molecular weight excluding hydrogens is 352 g/mol. The van der Waals surface area contributed by atoms with Crippen molar-refractivity contribution in [3.8, 4) is 11.5 Å². The maximum atomic E-state index is 12.5. The van der Waals surface area contributed by atoms with E-state index in [2.05, 4.69) is 10.6 Å². The highest BCUT2D eigenvalue weighted by Crippen LogP contribution is 2.33. The fourth-order valence-corrected chi connectivity index (χ4v) is 2.97. The summed E-state index contributed by atoms with van der Waals surface area (Å²) in [7, 11) is 3.92. The summed E-state index contributed by atoms with van der Waals surface area (Å²) in [6, 6.07) is 3.94. The van der Waals surface area contributed by atoms with E-state index in [1.807, 2.05) is 19.0 Å². The molecule has 146 valence electrons. The van der Waals surface area contributed by atoms with E-state index in [-0.39, 0.29) is 25.7 Å². The van der Waals surface area contributed by atoms with Crippen LogP contribution in [0.4, 0.5) is 4.79 Å². The summed E-state index contributed by atoms with van der Waals surface area (Å²) in [5.41, 5.74) is 0.747. The first-order valence-corrected chi connectivity index (χ1v) is 8.86. The molecule has 0 saturated carbocycles. The fraction of sp³-hybridized carbons (Fsp3) is 0.500. The summed E-state index contributed by atoms with van der Waals surface area (Å²) < 4.78 is 10.6. The molecule has 1 fully saturated rings. The van der Waals surface area contributed by atoms with Gasteiger partial charge in [-0.1, -0.05) is 6.07 Å². The molecule has 1 atom stereocenters. The largest absolute Gasteiger partial charge is 0.454 e. The molecule has 0 aromatic heterocycles. The van der Waals surface area contributed by atoms with Crippen molar-refractivity contribution in [2.24, 2.45) is 0 Å². The zero-order valence-corrected chi connectivity index (χ0v) is 15.5. The highest BCUT2D eigenvalue weighted by molar-refractivity contribution is 6.05. The Morgan fingerprint density at radius 2 is 2.07 bits per heavy atom. The number of hydrogen-bond donors (Lipinski definition) is 2. The molecule has 0 unspecified atom stereocenters. The van der Waals surface area contributed by atoms with Gasteiger partial charge in [0.15, 0.2) is 11.5 Å². The van der Waals surface area contributed by atoms with E-state index >= 15 is 0 Å². The Morgan fingerprint density at radius 3 is 2.85 bits per heavy atom. The van der Waals surface area contributed by atoms with Crippen LogP contribution in [0.5, 0.6) is 11.5 Å². The van der Waals surface area contributed by atoms with Gasteiger partial charge >= 0.3 is 6.03 Å². The minimum Gasteiger partial charge on any atom is -0.454 e. The lowest BCUT2D eigenvalue weighted by Gasteiger charge is -2.14. The van der Waals surface area contributed by atoms with E-state index in [0.717, 1.165) is 23.4 Å². The van der Waals surface area contributed by atoms with Gasteiger partial charge in [0.25, 0.3) is 5.91 Å². The maximum absolute atomic E-state index is 12.5. The van der Waals surface area contributed by atoms with Crippen LogP contribution < -0.4 is 20.1 Å². The Balaban J connectivity index is 1.51. The van der Waals surface area contributed by atoms with Crippen LogP contribution in [0, 0.1) is 0 Å². The van der Waals surface area contributed by atoms with Crippen LogP contribution in [0.1, 0.15) is 18.4 Å². The maximum Gasteiger partial charge on any atom is 0.325 e. The van der Waals surface area contributed by atoms with Crippen LogP contribution in [-0.4, -0.2) is 67.7 Å². The van der Waals surface area contributed by atoms with Crippen molar-refractivity contribution in [2.75, 3.05) is 34.0 Å². The molecular formula is C18H24N4O5. The number of fused-ring (bicyclic) bond motifs is 1. The zero-order valence-electron chi connectivity index (χ0n) is 15.5. The number of carbonyl (C=O) groups is 3. The Hall–Kier alpha value is -2.81. The van der Waals surface area contributed by atoms with Gasteiger partial charge in [-0.3, -0.25) is 14.5 Å². The van der Waals surface area contributed by atoms with E-state index in [1.54, 1.807) is 18.2 Å². The van der Waals surface area contributed by atoms with Gasteiger partial charge in [0, 0.05) is 6.54 Å². The summed E-state index contributed by atoms with van der Waals surface area (Å²) in [5.74, 6) is 0.575. The molecule has 1 aromatic rings. The minimum atomic E-state index is -0.833. The highest BCUT2D eigenvalue weighted by atomic mass is 16.7. The first-order valence-electron chi connectivity index (χ1n) is 8.86. The third kappa shape index (κ3) is 4.68. The van der Waals surface area contributed by atoms with Crippen molar-refractivity contribution < 1.29 is 23.9 Å². The van der Waals surface area contributed by atoms with Crippen molar-refractivity contribution >= 4 is 17.8 Å². The predicted octanol–water partition coefficient (Wildman–Crippen LogP) is 0.294. The van der Waals surface area contributed by atoms with E-state index in [4.69, 9.17) is 9.47 Å². The number of amides is 4. The second kappa shape index (κ2) is 8.26. The van der Waals surface area contributed by atoms with Gasteiger partial charge in [-0.15, -0.1) is 0 Å². The van der Waals surface area contributed by atoms with Crippen molar-refractivity contribution in [1.82, 2.24) is 20.4 Å². The van der Waals surface area contributed by atoms with Gasteiger partial charge in [-0.2, -0.15) is 0 Å². The topological polar surface area (TPSA) is 100 Å². The zero-order chi connectivity index (χ0) is 19.4. The smallest absolute Gasteiger partial charge is 0.325 e. The number of carbonyl (C=O) groups excluding carboxylic acids is 3. The SMILES string of the molecule is CN(C)CCCNC(=O)C[C@@H]1NC(=O)N(Cc2ccc3c(c2)OCO3)C1=O. The molecule has 2 heterocycles. The predicted molar refractivity (Wildman–Crippen MR) is 96.2 cm³/mol. The molecule has 0 aliphatic carbocycles. The van der Waals surface area contributed by atoms with E-state index in [9.17, 15) is 14.4 Å². The molecule has 27 heavy (non-hydrogen) atoms. The van der Waals surface area contributed by atoms with Crippen molar-refractivity contribution in [3.63, 3.8) is 0 Å². The van der Waals surface area contributed by atoms with Crippen molar-refractivity contribution in [2.45, 2.75) is 25.4 Å². The number of nitrogens with one attached hydrogen (secondary N) is 2. The van der Waals surface area contributed by atoms with Crippen LogP contribution in [0.25, 0.3) is 0 Å². The molecule has 2 aliphatic rings. The van der Waals surface area contributed by atoms with E-state index in [1.165, 1.54) is 0 Å². The quantitative estimate of drug-likeness (QED) is 0.500. The third-order valence-corrected chi connectivity index (χ3v) is 4.38. The van der Waals surface area contributed by atoms with Gasteiger partial charge in [-0.05, 0) is 44.8 Å². The molecule has 9 heteroatoms. The van der Waals surface area contributed by atoms with Crippen LogP contribution in [0.2, 0.25) is 0 Å². The Kier molecular flexibility index (Phi) is 5.80. The van der Waals surface area contributed by atoms with Crippen molar-refractivity contribution in [3.05, 3.63) is 23.8 Å². The first-order chi connectivity index (χ1) is 12.9. The number of imide groups is 1. The fourth-order valence-electron chi connectivity index (χ4n) is 2.97. The Bertz CT molecular complexity index is 736. The molecule has 0 bridgehead atoms. The molecule has 4 amide bonds. The molecule has 0 spiro atoms. The second-order valence-corrected chi connectivity index (χ2v) is 6.82. The minimum absolute atomic E-state index is 0.0653. The van der Waals surface area contributed by atoms with Gasteiger partial charge in [0.05, 0.1) is 13.0 Å². The first kappa shape index (κ1) is 19.0. The van der Waals surface area contributed by atoms with Crippen LogP contribution in [-0.2, 0) is 16.1 Å². The molecule has 2 N–H and O–H groups in total. The summed E-state index contributed by atoms with van der Waals surface area (Å²) in [6.07, 6.45) is 0.754. The van der Waals surface area contributed by atoms with E-state index < -0.39 is 18.0 Å². The average molecular weight is 376 g/mol. The van der Waals surface area contributed by atoms with Crippen LogP contribution in [0.15, 0.2) is 18.2 Å². The lowest BCUT2D eigenvalue weighted by Crippen LogP contribution is -2.37. The number of urea groups is 1. The normalized spacial score (nSPS) is 18.2. The highest BCUT2D eigenvalue weighted by Gasteiger charge is 2.39. The standard InChI is InChI=1S/C18H24N4O5/c1-21(2)7-3-6-19-16(23)9-13-17(24)22(18(25)20-13)10-12-4-5-14-15(8-12)27-11-26-14/h4-5,8,13H,3,6-7,9-11H2,1-2H3,(H,19,23)(H,20,25)/t13-/m0/s1. The molecule has 1 aromatic carbocycles. The molecule has 3 rings (SSSR count). The number of rotatable bonds is 8. The summed E-state index contributed by atoms with van der Waals surface area (Å²) in [6.45, 7) is 1.67. The van der Waals surface area contributed by atoms with Gasteiger partial charge in [0.2, 0.25) is 12.7 Å². The van der Waals surface area contributed by atoms with E-state index in [0.29, 0.717) is 18.0 Å². The molecule has 1 saturated heterocycles. The molecule has 0 radical (unpaired) electrons. The number of benzene rings is 1. The Morgan fingerprint density at radius 1 is 1.30 bits per heavy atom. The molecule has 9 nitrogen and oxygen atoms in total. The Labute approximate surface area is 157 Å². The monoisotopic (exact) mass is 376 g/mol. The number of ether oxygens (including phenoxy) is 2. The van der Waals surface area contributed by atoms with Gasteiger partial charge in [0.1, 0.15) is 6.04 Å². The summed E-state index contributed by atoms with van der Waals surface area (Å²) in [4.78, 5) is 39.8. The average Bonchev–Trinajstić information content (AvgIpc) is 3.18. The summed E-state index contributed by atoms with van der Waals surface area (Å²) >= 11 is 0. The van der Waals surface area contributed by atoms with Gasteiger partial charge in [-0.25, -0.2) is 4.79 Å². The third-order valence-electron chi connectivity index (χ3n) is 4.38. The lowest BCUT2D eigenvalue weighted by atomic mass is 10.1. The molecule has 2 aliphatic heterocycles. The lowest BCUT2D eigenvalue weighted by molar-refractivity contribution is -0.131. The van der Waals surface area contributed by atoms with Crippen molar-refractivity contribution in [1.29, 1.82) is 0 Å². The number of nitrogens with zero attached hydrogens (tertiary/aromatic N) is 2. The van der Waals surface area contributed by atoms with Crippen LogP contribution >= 0.6 is 0 Å². The number of hydrogen-bond acceptors (Lipinski definition) is 6. The van der Waals surface area contributed by atoms with Crippen LogP contribution in [0.3, 0.4) is 0 Å². The van der Waals surface area contributed by atoms with Gasteiger partial charge < -0.3 is 25.0 Å².